The predicted molar refractivity (Wildman–Crippen MR) is 90.7 cm³/mol. The Morgan fingerprint density at radius 1 is 1.08 bits per heavy atom. The summed E-state index contributed by atoms with van der Waals surface area (Å²) in [5, 5.41) is 2.78. The molecule has 1 amide bonds. The molecule has 2 aromatic rings. The first-order valence-corrected chi connectivity index (χ1v) is 7.60. The summed E-state index contributed by atoms with van der Waals surface area (Å²) in [6.45, 7) is 4.16. The van der Waals surface area contributed by atoms with Gasteiger partial charge < -0.3 is 20.5 Å². The maximum absolute atomic E-state index is 12.9. The molecule has 3 N–H and O–H groups in total. The van der Waals surface area contributed by atoms with Crippen LogP contribution < -0.4 is 20.5 Å². The van der Waals surface area contributed by atoms with Crippen molar-refractivity contribution < 1.29 is 18.7 Å². The van der Waals surface area contributed by atoms with Crippen LogP contribution in [0.15, 0.2) is 48.5 Å². The topological polar surface area (TPSA) is 73.6 Å². The Kier molecular flexibility index (Phi) is 5.76. The zero-order valence-corrected chi connectivity index (χ0v) is 13.7. The number of halogens is 1. The lowest BCUT2D eigenvalue weighted by Gasteiger charge is -2.25. The summed E-state index contributed by atoms with van der Waals surface area (Å²) in [5.74, 6) is 0.423. The van der Waals surface area contributed by atoms with Crippen molar-refractivity contribution in [1.29, 1.82) is 0 Å². The first-order chi connectivity index (χ1) is 11.4. The van der Waals surface area contributed by atoms with E-state index in [1.165, 1.54) is 24.3 Å². The van der Waals surface area contributed by atoms with E-state index in [9.17, 15) is 9.18 Å². The molecule has 2 aromatic carbocycles. The Morgan fingerprint density at radius 3 is 2.25 bits per heavy atom. The number of carbonyl (C=O) groups excluding carboxylic acids is 1. The highest BCUT2D eigenvalue weighted by atomic mass is 19.1. The molecule has 5 nitrogen and oxygen atoms in total. The van der Waals surface area contributed by atoms with E-state index in [-0.39, 0.29) is 11.7 Å². The molecule has 0 aromatic heterocycles. The first-order valence-electron chi connectivity index (χ1n) is 7.60. The normalized spacial score (nSPS) is 11.0. The third-order valence-electron chi connectivity index (χ3n) is 3.23. The third-order valence-corrected chi connectivity index (χ3v) is 3.23. The summed E-state index contributed by atoms with van der Waals surface area (Å²) >= 11 is 0. The van der Waals surface area contributed by atoms with Crippen molar-refractivity contribution >= 4 is 11.6 Å². The van der Waals surface area contributed by atoms with Crippen LogP contribution in [-0.2, 0) is 4.79 Å². The molecule has 2 rings (SSSR count). The van der Waals surface area contributed by atoms with Crippen LogP contribution in [0.4, 0.5) is 10.1 Å². The van der Waals surface area contributed by atoms with Crippen molar-refractivity contribution in [2.75, 3.05) is 18.5 Å². The Bertz CT molecular complexity index is 670. The standard InChI is InChI=1S/C18H21FN2O3/c1-18(2,24-16-7-3-13(19)4-8-16)17(22)21-14-5-9-15(10-6-14)23-12-11-20/h3-10H,11-12,20H2,1-2H3,(H,21,22). The highest BCUT2D eigenvalue weighted by Gasteiger charge is 2.30. The molecule has 0 saturated heterocycles. The summed E-state index contributed by atoms with van der Waals surface area (Å²) < 4.78 is 24.0. The average molecular weight is 332 g/mol. The van der Waals surface area contributed by atoms with Crippen LogP contribution in [0.25, 0.3) is 0 Å². The molecule has 0 spiro atoms. The number of ether oxygens (including phenoxy) is 2. The number of benzene rings is 2. The molecule has 0 atom stereocenters. The van der Waals surface area contributed by atoms with E-state index in [2.05, 4.69) is 5.32 Å². The minimum Gasteiger partial charge on any atom is -0.492 e. The summed E-state index contributed by atoms with van der Waals surface area (Å²) in [5.41, 5.74) is 4.88. The molecular weight excluding hydrogens is 311 g/mol. The van der Waals surface area contributed by atoms with Gasteiger partial charge in [0.2, 0.25) is 0 Å². The Balaban J connectivity index is 1.98. The largest absolute Gasteiger partial charge is 0.492 e. The molecule has 0 radical (unpaired) electrons. The van der Waals surface area contributed by atoms with E-state index in [0.29, 0.717) is 30.3 Å². The minimum atomic E-state index is -1.12. The van der Waals surface area contributed by atoms with Gasteiger partial charge in [-0.15, -0.1) is 0 Å². The van der Waals surface area contributed by atoms with Gasteiger partial charge in [0.25, 0.3) is 5.91 Å². The van der Waals surface area contributed by atoms with Gasteiger partial charge in [-0.3, -0.25) is 4.79 Å². The van der Waals surface area contributed by atoms with Crippen LogP contribution in [0.1, 0.15) is 13.8 Å². The molecule has 0 heterocycles. The monoisotopic (exact) mass is 332 g/mol. The van der Waals surface area contributed by atoms with Gasteiger partial charge in [0.05, 0.1) is 0 Å². The maximum atomic E-state index is 12.9. The number of amides is 1. The fourth-order valence-electron chi connectivity index (χ4n) is 1.94. The quantitative estimate of drug-likeness (QED) is 0.817. The van der Waals surface area contributed by atoms with Crippen LogP contribution in [0.3, 0.4) is 0 Å². The molecule has 6 heteroatoms. The van der Waals surface area contributed by atoms with Crippen LogP contribution >= 0.6 is 0 Å². The molecular formula is C18H21FN2O3. The summed E-state index contributed by atoms with van der Waals surface area (Å²) in [6.07, 6.45) is 0. The zero-order valence-electron chi connectivity index (χ0n) is 13.7. The van der Waals surface area contributed by atoms with Crippen LogP contribution in [0.2, 0.25) is 0 Å². The number of hydrogen-bond donors (Lipinski definition) is 2. The number of rotatable bonds is 7. The van der Waals surface area contributed by atoms with E-state index in [4.69, 9.17) is 15.2 Å². The molecule has 0 aliphatic rings. The molecule has 24 heavy (non-hydrogen) atoms. The van der Waals surface area contributed by atoms with E-state index in [1.807, 2.05) is 0 Å². The Morgan fingerprint density at radius 2 is 1.67 bits per heavy atom. The Labute approximate surface area is 140 Å². The van der Waals surface area contributed by atoms with Crippen molar-refractivity contribution in [2.45, 2.75) is 19.4 Å². The van der Waals surface area contributed by atoms with Gasteiger partial charge in [0.15, 0.2) is 5.60 Å². The van der Waals surface area contributed by atoms with Crippen molar-refractivity contribution in [1.82, 2.24) is 0 Å². The lowest BCUT2D eigenvalue weighted by molar-refractivity contribution is -0.128. The fraction of sp³-hybridized carbons (Fsp3) is 0.278. The van der Waals surface area contributed by atoms with E-state index < -0.39 is 5.60 Å². The van der Waals surface area contributed by atoms with Gasteiger partial charge in [-0.1, -0.05) is 0 Å². The number of nitrogens with two attached hydrogens (primary N) is 1. The van der Waals surface area contributed by atoms with Crippen molar-refractivity contribution in [3.63, 3.8) is 0 Å². The van der Waals surface area contributed by atoms with Crippen molar-refractivity contribution in [3.8, 4) is 11.5 Å². The SMILES string of the molecule is CC(C)(Oc1ccc(F)cc1)C(=O)Nc1ccc(OCCN)cc1. The van der Waals surface area contributed by atoms with Gasteiger partial charge in [0, 0.05) is 12.2 Å². The smallest absolute Gasteiger partial charge is 0.267 e. The van der Waals surface area contributed by atoms with Gasteiger partial charge >= 0.3 is 0 Å². The second-order valence-electron chi connectivity index (χ2n) is 5.68. The van der Waals surface area contributed by atoms with E-state index >= 15 is 0 Å². The van der Waals surface area contributed by atoms with Crippen LogP contribution in [-0.4, -0.2) is 24.7 Å². The summed E-state index contributed by atoms with van der Waals surface area (Å²) in [7, 11) is 0. The highest BCUT2D eigenvalue weighted by Crippen LogP contribution is 2.21. The molecule has 0 aliphatic carbocycles. The zero-order chi connectivity index (χ0) is 17.6. The maximum Gasteiger partial charge on any atom is 0.267 e. The van der Waals surface area contributed by atoms with Gasteiger partial charge in [-0.25, -0.2) is 4.39 Å². The van der Waals surface area contributed by atoms with Gasteiger partial charge in [-0.2, -0.15) is 0 Å². The lowest BCUT2D eigenvalue weighted by Crippen LogP contribution is -2.42. The number of carbonyl (C=O) groups is 1. The van der Waals surface area contributed by atoms with E-state index in [1.54, 1.807) is 38.1 Å². The number of hydrogen-bond acceptors (Lipinski definition) is 4. The van der Waals surface area contributed by atoms with Gasteiger partial charge in [0.1, 0.15) is 23.9 Å². The highest BCUT2D eigenvalue weighted by molar-refractivity contribution is 5.97. The Hall–Kier alpha value is -2.60. The predicted octanol–water partition coefficient (Wildman–Crippen LogP) is 2.96. The van der Waals surface area contributed by atoms with E-state index in [0.717, 1.165) is 0 Å². The molecule has 0 bridgehead atoms. The number of nitrogens with one attached hydrogen (secondary N) is 1. The molecule has 0 unspecified atom stereocenters. The minimum absolute atomic E-state index is 0.317. The van der Waals surface area contributed by atoms with Crippen molar-refractivity contribution in [3.05, 3.63) is 54.3 Å². The second-order valence-corrected chi connectivity index (χ2v) is 5.68. The van der Waals surface area contributed by atoms with Gasteiger partial charge in [-0.05, 0) is 62.4 Å². The van der Waals surface area contributed by atoms with Crippen molar-refractivity contribution in [2.24, 2.45) is 5.73 Å². The number of anilines is 1. The molecule has 0 saturated carbocycles. The average Bonchev–Trinajstić information content (AvgIpc) is 2.56. The molecule has 0 fully saturated rings. The molecule has 0 aliphatic heterocycles. The fourth-order valence-corrected chi connectivity index (χ4v) is 1.94. The lowest BCUT2D eigenvalue weighted by atomic mass is 10.1. The second kappa shape index (κ2) is 7.79. The summed E-state index contributed by atoms with van der Waals surface area (Å²) in [4.78, 5) is 12.4. The summed E-state index contributed by atoms with van der Waals surface area (Å²) in [6, 6.07) is 12.5. The third kappa shape index (κ3) is 4.96. The molecule has 128 valence electrons. The van der Waals surface area contributed by atoms with Crippen LogP contribution in [0, 0.1) is 5.82 Å². The first kappa shape index (κ1) is 17.7. The van der Waals surface area contributed by atoms with Crippen LogP contribution in [0.5, 0.6) is 11.5 Å².